The van der Waals surface area contributed by atoms with E-state index in [9.17, 15) is 8.42 Å². The van der Waals surface area contributed by atoms with Gasteiger partial charge in [0.25, 0.3) is 10.0 Å². The third-order valence-electron chi connectivity index (χ3n) is 3.30. The number of anilines is 1. The van der Waals surface area contributed by atoms with E-state index in [1.165, 1.54) is 12.1 Å². The van der Waals surface area contributed by atoms with E-state index in [0.717, 1.165) is 0 Å². The van der Waals surface area contributed by atoms with Crippen LogP contribution in [0.15, 0.2) is 59.8 Å². The molecule has 0 saturated heterocycles. The summed E-state index contributed by atoms with van der Waals surface area (Å²) < 4.78 is 34.8. The van der Waals surface area contributed by atoms with Crippen molar-refractivity contribution in [2.75, 3.05) is 11.3 Å². The molecule has 3 rings (SSSR count). The molecule has 1 aromatic carbocycles. The molecule has 3 aromatic rings. The summed E-state index contributed by atoms with van der Waals surface area (Å²) in [5.74, 6) is 0.526. The van der Waals surface area contributed by atoms with Crippen LogP contribution >= 0.6 is 23.2 Å². The van der Waals surface area contributed by atoms with Crippen molar-refractivity contribution in [2.24, 2.45) is 0 Å². The Hall–Kier alpha value is -2.29. The summed E-state index contributed by atoms with van der Waals surface area (Å²) in [6, 6.07) is 11.1. The molecule has 0 fully saturated rings. The molecule has 0 saturated carbocycles. The van der Waals surface area contributed by atoms with Gasteiger partial charge in [-0.25, -0.2) is 13.4 Å². The molecule has 26 heavy (non-hydrogen) atoms. The molecule has 0 bridgehead atoms. The van der Waals surface area contributed by atoms with Gasteiger partial charge >= 0.3 is 0 Å². The van der Waals surface area contributed by atoms with E-state index < -0.39 is 10.0 Å². The smallest absolute Gasteiger partial charge is 0.264 e. The molecule has 136 valence electrons. The molecule has 2 aromatic heterocycles. The van der Waals surface area contributed by atoms with Gasteiger partial charge in [-0.3, -0.25) is 9.40 Å². The van der Waals surface area contributed by atoms with Crippen LogP contribution < -0.4 is 9.46 Å². The number of hydrogen-bond donors (Lipinski definition) is 1. The number of halogens is 2. The summed E-state index contributed by atoms with van der Waals surface area (Å²) in [5, 5.41) is 3.99. The van der Waals surface area contributed by atoms with Gasteiger partial charge in [-0.05, 0) is 30.3 Å². The van der Waals surface area contributed by atoms with Crippen LogP contribution in [0, 0.1) is 0 Å². The molecule has 0 unspecified atom stereocenters. The van der Waals surface area contributed by atoms with Crippen LogP contribution in [-0.2, 0) is 16.6 Å². The first-order valence-electron chi connectivity index (χ1n) is 7.49. The number of pyridine rings is 1. The highest BCUT2D eigenvalue weighted by Crippen LogP contribution is 2.25. The minimum Gasteiger partial charge on any atom is -0.492 e. The Morgan fingerprint density at radius 3 is 2.73 bits per heavy atom. The maximum atomic E-state index is 12.5. The van der Waals surface area contributed by atoms with Crippen molar-refractivity contribution in [3.63, 3.8) is 0 Å². The Balaban J connectivity index is 1.69. The van der Waals surface area contributed by atoms with Crippen molar-refractivity contribution in [3.8, 4) is 5.75 Å². The second kappa shape index (κ2) is 7.94. The zero-order valence-corrected chi connectivity index (χ0v) is 15.7. The number of hydrogen-bond acceptors (Lipinski definition) is 5. The number of nitrogens with zero attached hydrogens (tertiary/aromatic N) is 3. The lowest BCUT2D eigenvalue weighted by atomic mass is 10.3. The van der Waals surface area contributed by atoms with E-state index in [2.05, 4.69) is 14.8 Å². The van der Waals surface area contributed by atoms with E-state index in [1.807, 2.05) is 12.3 Å². The van der Waals surface area contributed by atoms with Crippen molar-refractivity contribution in [1.82, 2.24) is 14.8 Å². The van der Waals surface area contributed by atoms with Gasteiger partial charge in [0.2, 0.25) is 0 Å². The lowest BCUT2D eigenvalue weighted by Gasteiger charge is -2.11. The fraction of sp³-hybridized carbons (Fsp3) is 0.125. The first kappa shape index (κ1) is 18.5. The lowest BCUT2D eigenvalue weighted by molar-refractivity contribution is 0.291. The SMILES string of the molecule is O=S(=O)(Nc1cccc(OCCn2cccn2)c1)c1ccc(Cl)nc1Cl. The molecular formula is C16H14Cl2N4O3S. The molecule has 0 atom stereocenters. The summed E-state index contributed by atoms with van der Waals surface area (Å²) in [6.45, 7) is 0.972. The van der Waals surface area contributed by atoms with Crippen molar-refractivity contribution >= 4 is 38.9 Å². The monoisotopic (exact) mass is 412 g/mol. The molecule has 0 aliphatic carbocycles. The molecular weight excluding hydrogens is 399 g/mol. The molecule has 0 radical (unpaired) electrons. The highest BCUT2D eigenvalue weighted by atomic mass is 35.5. The predicted molar refractivity (Wildman–Crippen MR) is 99.2 cm³/mol. The molecule has 7 nitrogen and oxygen atoms in total. The first-order valence-corrected chi connectivity index (χ1v) is 9.73. The van der Waals surface area contributed by atoms with Crippen LogP contribution in [0.1, 0.15) is 0 Å². The highest BCUT2D eigenvalue weighted by molar-refractivity contribution is 7.92. The second-order valence-corrected chi connectivity index (χ2v) is 7.57. The van der Waals surface area contributed by atoms with Crippen molar-refractivity contribution in [1.29, 1.82) is 0 Å². The van der Waals surface area contributed by atoms with E-state index in [0.29, 0.717) is 24.6 Å². The third-order valence-corrected chi connectivity index (χ3v) is 5.33. The van der Waals surface area contributed by atoms with Gasteiger partial charge in [-0.1, -0.05) is 29.3 Å². The average Bonchev–Trinajstić information content (AvgIpc) is 3.08. The Morgan fingerprint density at radius 2 is 2.00 bits per heavy atom. The van der Waals surface area contributed by atoms with E-state index in [-0.39, 0.29) is 15.2 Å². The Morgan fingerprint density at radius 1 is 1.15 bits per heavy atom. The molecule has 1 N–H and O–H groups in total. The van der Waals surface area contributed by atoms with Crippen LogP contribution in [0.2, 0.25) is 10.3 Å². The number of rotatable bonds is 7. The van der Waals surface area contributed by atoms with Crippen LogP contribution in [0.4, 0.5) is 5.69 Å². The number of aromatic nitrogens is 3. The third kappa shape index (κ3) is 4.66. The fourth-order valence-electron chi connectivity index (χ4n) is 2.15. The van der Waals surface area contributed by atoms with Crippen molar-refractivity contribution in [3.05, 3.63) is 65.2 Å². The van der Waals surface area contributed by atoms with Crippen LogP contribution in [-0.4, -0.2) is 29.8 Å². The molecule has 0 spiro atoms. The number of ether oxygens (including phenoxy) is 1. The van der Waals surface area contributed by atoms with Gasteiger partial charge in [0.05, 0.1) is 12.2 Å². The normalized spacial score (nSPS) is 11.3. The maximum absolute atomic E-state index is 12.5. The van der Waals surface area contributed by atoms with E-state index in [4.69, 9.17) is 27.9 Å². The maximum Gasteiger partial charge on any atom is 0.264 e. The molecule has 2 heterocycles. The summed E-state index contributed by atoms with van der Waals surface area (Å²) in [7, 11) is -3.91. The number of sulfonamides is 1. The van der Waals surface area contributed by atoms with Gasteiger partial charge in [0.1, 0.15) is 22.4 Å². The Kier molecular flexibility index (Phi) is 5.65. The minimum atomic E-state index is -3.91. The summed E-state index contributed by atoms with van der Waals surface area (Å²) in [5.41, 5.74) is 0.340. The van der Waals surface area contributed by atoms with Gasteiger partial charge in [0, 0.05) is 18.5 Å². The van der Waals surface area contributed by atoms with E-state index in [1.54, 1.807) is 35.1 Å². The fourth-order valence-corrected chi connectivity index (χ4v) is 3.86. The summed E-state index contributed by atoms with van der Waals surface area (Å²) >= 11 is 11.6. The Bertz CT molecular complexity index is 994. The minimum absolute atomic E-state index is 0.113. The largest absolute Gasteiger partial charge is 0.492 e. The van der Waals surface area contributed by atoms with Gasteiger partial charge in [0.15, 0.2) is 5.15 Å². The first-order chi connectivity index (χ1) is 12.4. The standard InChI is InChI=1S/C16H14Cl2N4O3S/c17-15-6-5-14(16(18)20-15)26(23,24)21-12-3-1-4-13(11-12)25-10-9-22-8-2-7-19-22/h1-8,11,21H,9-10H2. The molecule has 0 amide bonds. The summed E-state index contributed by atoms with van der Waals surface area (Å²) in [6.07, 6.45) is 3.52. The Labute approximate surface area is 160 Å². The van der Waals surface area contributed by atoms with Crippen LogP contribution in [0.5, 0.6) is 5.75 Å². The van der Waals surface area contributed by atoms with Gasteiger partial charge in [-0.15, -0.1) is 0 Å². The quantitative estimate of drug-likeness (QED) is 0.600. The molecule has 0 aliphatic heterocycles. The topological polar surface area (TPSA) is 86.1 Å². The lowest BCUT2D eigenvalue weighted by Crippen LogP contribution is -2.14. The molecule has 0 aliphatic rings. The highest BCUT2D eigenvalue weighted by Gasteiger charge is 2.19. The van der Waals surface area contributed by atoms with Crippen molar-refractivity contribution in [2.45, 2.75) is 11.4 Å². The number of nitrogens with one attached hydrogen (secondary N) is 1. The van der Waals surface area contributed by atoms with E-state index >= 15 is 0 Å². The van der Waals surface area contributed by atoms with Gasteiger partial charge in [-0.2, -0.15) is 5.10 Å². The second-order valence-electron chi connectivity index (χ2n) is 5.17. The summed E-state index contributed by atoms with van der Waals surface area (Å²) in [4.78, 5) is 3.58. The predicted octanol–water partition coefficient (Wildman–Crippen LogP) is 3.46. The van der Waals surface area contributed by atoms with Crippen LogP contribution in [0.3, 0.4) is 0 Å². The zero-order valence-electron chi connectivity index (χ0n) is 13.3. The average molecular weight is 413 g/mol. The number of benzene rings is 1. The van der Waals surface area contributed by atoms with Gasteiger partial charge < -0.3 is 4.74 Å². The molecule has 10 heteroatoms. The van der Waals surface area contributed by atoms with Crippen molar-refractivity contribution < 1.29 is 13.2 Å². The van der Waals surface area contributed by atoms with Crippen LogP contribution in [0.25, 0.3) is 0 Å². The zero-order chi connectivity index (χ0) is 18.6.